The summed E-state index contributed by atoms with van der Waals surface area (Å²) in [5, 5.41) is 0. The van der Waals surface area contributed by atoms with Gasteiger partial charge in [0.2, 0.25) is 0 Å². The zero-order valence-electron chi connectivity index (χ0n) is 13.3. The van der Waals surface area contributed by atoms with Crippen LogP contribution in [0.3, 0.4) is 0 Å². The van der Waals surface area contributed by atoms with E-state index in [4.69, 9.17) is 10.5 Å². The molecule has 112 valence electrons. The number of ether oxygens (including phenoxy) is 1. The van der Waals surface area contributed by atoms with Crippen LogP contribution in [0, 0.1) is 0 Å². The second kappa shape index (κ2) is 6.17. The Morgan fingerprint density at radius 3 is 2.52 bits per heavy atom. The van der Waals surface area contributed by atoms with E-state index in [1.807, 2.05) is 6.07 Å². The fourth-order valence-electron chi connectivity index (χ4n) is 2.24. The molecule has 0 unspecified atom stereocenters. The van der Waals surface area contributed by atoms with E-state index in [-0.39, 0.29) is 5.41 Å². The van der Waals surface area contributed by atoms with Crippen LogP contribution in [-0.4, -0.2) is 4.98 Å². The molecule has 2 aromatic rings. The summed E-state index contributed by atoms with van der Waals surface area (Å²) in [6.07, 6.45) is 2.74. The minimum atomic E-state index is 0.0453. The van der Waals surface area contributed by atoms with Crippen LogP contribution in [0.25, 0.3) is 0 Å². The van der Waals surface area contributed by atoms with Crippen LogP contribution >= 0.6 is 0 Å². The molecule has 1 aromatic carbocycles. The molecule has 0 aliphatic rings. The maximum atomic E-state index is 5.99. The molecule has 0 spiro atoms. The van der Waals surface area contributed by atoms with E-state index >= 15 is 0 Å². The zero-order valence-corrected chi connectivity index (χ0v) is 13.3. The van der Waals surface area contributed by atoms with Gasteiger partial charge in [0.1, 0.15) is 12.4 Å². The topological polar surface area (TPSA) is 48.1 Å². The Morgan fingerprint density at radius 2 is 1.90 bits per heavy atom. The van der Waals surface area contributed by atoms with Gasteiger partial charge in [-0.05, 0) is 41.2 Å². The summed E-state index contributed by atoms with van der Waals surface area (Å²) >= 11 is 0. The molecule has 3 heteroatoms. The molecule has 0 aliphatic heterocycles. The Bertz CT molecular complexity index is 615. The predicted octanol–water partition coefficient (Wildman–Crippen LogP) is 4.10. The summed E-state index contributed by atoms with van der Waals surface area (Å²) in [5.41, 5.74) is 9.92. The lowest BCUT2D eigenvalue weighted by atomic mass is 9.85. The highest BCUT2D eigenvalue weighted by Crippen LogP contribution is 2.32. The Kier molecular flexibility index (Phi) is 4.51. The number of pyridine rings is 1. The van der Waals surface area contributed by atoms with Crippen molar-refractivity contribution in [2.75, 3.05) is 5.73 Å². The average Bonchev–Trinajstić information content (AvgIpc) is 2.44. The molecule has 0 amide bonds. The second-order valence-corrected chi connectivity index (χ2v) is 6.30. The number of hydrogen-bond acceptors (Lipinski definition) is 3. The van der Waals surface area contributed by atoms with Gasteiger partial charge in [0, 0.05) is 11.9 Å². The van der Waals surface area contributed by atoms with Gasteiger partial charge in [-0.1, -0.05) is 39.8 Å². The van der Waals surface area contributed by atoms with Crippen molar-refractivity contribution in [1.29, 1.82) is 0 Å². The molecule has 1 aromatic heterocycles. The predicted molar refractivity (Wildman–Crippen MR) is 87.5 cm³/mol. The lowest BCUT2D eigenvalue weighted by Crippen LogP contribution is -2.14. The lowest BCUT2D eigenvalue weighted by Gasteiger charge is -2.23. The minimum Gasteiger partial charge on any atom is -0.487 e. The standard InChI is InChI=1S/C18H24N2O/c1-5-13-6-7-17(16(10-13)18(2,3)4)21-12-15-11-14(19)8-9-20-15/h6-11H,5,12H2,1-4H3,(H2,19,20). The molecule has 0 fully saturated rings. The molecule has 0 atom stereocenters. The van der Waals surface area contributed by atoms with E-state index < -0.39 is 0 Å². The number of nitrogens with zero attached hydrogens (tertiary/aromatic N) is 1. The van der Waals surface area contributed by atoms with Gasteiger partial charge in [0.15, 0.2) is 0 Å². The maximum absolute atomic E-state index is 5.99. The van der Waals surface area contributed by atoms with E-state index in [9.17, 15) is 0 Å². The van der Waals surface area contributed by atoms with Crippen LogP contribution < -0.4 is 10.5 Å². The largest absolute Gasteiger partial charge is 0.487 e. The van der Waals surface area contributed by atoms with Crippen LogP contribution in [0.5, 0.6) is 5.75 Å². The van der Waals surface area contributed by atoms with Gasteiger partial charge < -0.3 is 10.5 Å². The van der Waals surface area contributed by atoms with Crippen molar-refractivity contribution in [2.24, 2.45) is 0 Å². The van der Waals surface area contributed by atoms with E-state index in [2.05, 4.69) is 50.9 Å². The van der Waals surface area contributed by atoms with Crippen molar-refractivity contribution in [2.45, 2.75) is 46.1 Å². The summed E-state index contributed by atoms with van der Waals surface area (Å²) in [5.74, 6) is 0.920. The van der Waals surface area contributed by atoms with Gasteiger partial charge in [0.25, 0.3) is 0 Å². The second-order valence-electron chi connectivity index (χ2n) is 6.30. The molecular formula is C18H24N2O. The fourth-order valence-corrected chi connectivity index (χ4v) is 2.24. The summed E-state index contributed by atoms with van der Waals surface area (Å²) in [6.45, 7) is 9.20. The summed E-state index contributed by atoms with van der Waals surface area (Å²) in [7, 11) is 0. The molecule has 1 heterocycles. The Hall–Kier alpha value is -2.03. The fraction of sp³-hybridized carbons (Fsp3) is 0.389. The third kappa shape index (κ3) is 3.97. The first kappa shape index (κ1) is 15.4. The van der Waals surface area contributed by atoms with Crippen molar-refractivity contribution in [3.05, 3.63) is 53.3 Å². The molecule has 0 saturated heterocycles. The smallest absolute Gasteiger partial charge is 0.130 e. The van der Waals surface area contributed by atoms with Crippen LogP contribution in [0.2, 0.25) is 0 Å². The van der Waals surface area contributed by atoms with Crippen LogP contribution in [0.1, 0.15) is 44.5 Å². The molecule has 3 nitrogen and oxygen atoms in total. The highest BCUT2D eigenvalue weighted by Gasteiger charge is 2.19. The molecule has 21 heavy (non-hydrogen) atoms. The monoisotopic (exact) mass is 284 g/mol. The quantitative estimate of drug-likeness (QED) is 0.919. The lowest BCUT2D eigenvalue weighted by molar-refractivity contribution is 0.293. The first-order valence-corrected chi connectivity index (χ1v) is 7.36. The Labute approximate surface area is 127 Å². The number of anilines is 1. The average molecular weight is 284 g/mol. The van der Waals surface area contributed by atoms with Gasteiger partial charge in [-0.2, -0.15) is 0 Å². The highest BCUT2D eigenvalue weighted by atomic mass is 16.5. The van der Waals surface area contributed by atoms with Gasteiger partial charge in [0.05, 0.1) is 5.69 Å². The molecule has 2 rings (SSSR count). The molecule has 0 saturated carbocycles. The van der Waals surface area contributed by atoms with Crippen LogP contribution in [0.4, 0.5) is 5.69 Å². The third-order valence-corrected chi connectivity index (χ3v) is 3.48. The van der Waals surface area contributed by atoms with Crippen molar-refractivity contribution in [3.63, 3.8) is 0 Å². The maximum Gasteiger partial charge on any atom is 0.130 e. The van der Waals surface area contributed by atoms with E-state index in [1.165, 1.54) is 11.1 Å². The normalized spacial score (nSPS) is 11.4. The molecule has 0 aliphatic carbocycles. The van der Waals surface area contributed by atoms with Crippen molar-refractivity contribution in [3.8, 4) is 5.75 Å². The van der Waals surface area contributed by atoms with Crippen molar-refractivity contribution < 1.29 is 4.74 Å². The number of hydrogen-bond donors (Lipinski definition) is 1. The molecule has 2 N–H and O–H groups in total. The SMILES string of the molecule is CCc1ccc(OCc2cc(N)ccn2)c(C(C)(C)C)c1. The summed E-state index contributed by atoms with van der Waals surface area (Å²) < 4.78 is 5.99. The first-order valence-electron chi connectivity index (χ1n) is 7.36. The number of aryl methyl sites for hydroxylation is 1. The van der Waals surface area contributed by atoms with Gasteiger partial charge in [-0.25, -0.2) is 0 Å². The minimum absolute atomic E-state index is 0.0453. The van der Waals surface area contributed by atoms with Crippen molar-refractivity contribution in [1.82, 2.24) is 4.98 Å². The first-order chi connectivity index (χ1) is 9.90. The number of benzene rings is 1. The van der Waals surface area contributed by atoms with Crippen LogP contribution in [-0.2, 0) is 18.4 Å². The van der Waals surface area contributed by atoms with Gasteiger partial charge in [-0.3, -0.25) is 4.98 Å². The number of rotatable bonds is 4. The summed E-state index contributed by atoms with van der Waals surface area (Å²) in [4.78, 5) is 4.28. The van der Waals surface area contributed by atoms with Crippen molar-refractivity contribution >= 4 is 5.69 Å². The molecule has 0 bridgehead atoms. The number of nitrogen functional groups attached to an aromatic ring is 1. The number of aromatic nitrogens is 1. The Balaban J connectivity index is 2.23. The van der Waals surface area contributed by atoms with Gasteiger partial charge >= 0.3 is 0 Å². The Morgan fingerprint density at radius 1 is 1.14 bits per heavy atom. The molecular weight excluding hydrogens is 260 g/mol. The van der Waals surface area contributed by atoms with Crippen LogP contribution in [0.15, 0.2) is 36.5 Å². The van der Waals surface area contributed by atoms with E-state index in [0.717, 1.165) is 17.9 Å². The highest BCUT2D eigenvalue weighted by molar-refractivity contribution is 5.42. The summed E-state index contributed by atoms with van der Waals surface area (Å²) in [6, 6.07) is 10.0. The number of nitrogens with two attached hydrogens (primary N) is 1. The third-order valence-electron chi connectivity index (χ3n) is 3.48. The van der Waals surface area contributed by atoms with Gasteiger partial charge in [-0.15, -0.1) is 0 Å². The van der Waals surface area contributed by atoms with E-state index in [0.29, 0.717) is 12.3 Å². The molecule has 0 radical (unpaired) electrons. The zero-order chi connectivity index (χ0) is 15.5. The van der Waals surface area contributed by atoms with E-state index in [1.54, 1.807) is 12.3 Å².